The summed E-state index contributed by atoms with van der Waals surface area (Å²) in [5, 5.41) is 5.21. The molecule has 3 N–H and O–H groups in total. The number of carbonyl (C=O) groups is 1. The fourth-order valence-electron chi connectivity index (χ4n) is 1.59. The Morgan fingerprint density at radius 2 is 2.11 bits per heavy atom. The van der Waals surface area contributed by atoms with Crippen LogP contribution < -0.4 is 11.1 Å². The lowest BCUT2D eigenvalue weighted by Gasteiger charge is -2.03. The number of carbonyl (C=O) groups excluding carboxylic acids is 1. The maximum Gasteiger partial charge on any atom is 0.242 e. The molecule has 0 bridgehead atoms. The van der Waals surface area contributed by atoms with Crippen LogP contribution in [0.4, 0.5) is 5.13 Å². The summed E-state index contributed by atoms with van der Waals surface area (Å²) in [5.74, 6) is -0.220. The van der Waals surface area contributed by atoms with Crippen molar-refractivity contribution in [2.75, 3.05) is 5.32 Å². The zero-order chi connectivity index (χ0) is 13.8. The minimum absolute atomic E-state index is 0.220. The van der Waals surface area contributed by atoms with E-state index in [-0.39, 0.29) is 5.91 Å². The molecule has 0 aliphatic heterocycles. The van der Waals surface area contributed by atoms with Crippen molar-refractivity contribution in [3.63, 3.8) is 0 Å². The van der Waals surface area contributed by atoms with Crippen molar-refractivity contribution >= 4 is 22.4 Å². The molecule has 1 atom stereocenters. The minimum atomic E-state index is -0.531. The van der Waals surface area contributed by atoms with Crippen molar-refractivity contribution in [3.8, 4) is 11.3 Å². The quantitative estimate of drug-likeness (QED) is 0.901. The molecule has 5 heteroatoms. The predicted octanol–water partition coefficient (Wildman–Crippen LogP) is 2.66. The zero-order valence-electron chi connectivity index (χ0n) is 11.0. The lowest BCUT2D eigenvalue weighted by molar-refractivity contribution is -0.117. The number of aryl methyl sites for hydroxylation is 1. The average Bonchev–Trinajstić information content (AvgIpc) is 2.87. The number of nitrogens with one attached hydrogen (secondary N) is 1. The molecule has 100 valence electrons. The molecule has 0 fully saturated rings. The number of hydrogen-bond acceptors (Lipinski definition) is 4. The van der Waals surface area contributed by atoms with Crippen LogP contribution in [0.3, 0.4) is 0 Å². The average molecular weight is 275 g/mol. The highest BCUT2D eigenvalue weighted by Gasteiger charge is 2.10. The summed E-state index contributed by atoms with van der Waals surface area (Å²) in [6, 6.07) is 7.75. The largest absolute Gasteiger partial charge is 0.320 e. The van der Waals surface area contributed by atoms with Gasteiger partial charge >= 0.3 is 0 Å². The molecular formula is C14H17N3OS. The molecule has 4 nitrogen and oxygen atoms in total. The first-order valence-corrected chi connectivity index (χ1v) is 7.09. The second-order valence-electron chi connectivity index (χ2n) is 4.37. The van der Waals surface area contributed by atoms with Crippen molar-refractivity contribution < 1.29 is 4.79 Å². The monoisotopic (exact) mass is 275 g/mol. The van der Waals surface area contributed by atoms with Gasteiger partial charge in [0.05, 0.1) is 11.7 Å². The second-order valence-corrected chi connectivity index (χ2v) is 5.22. The first kappa shape index (κ1) is 13.7. The van der Waals surface area contributed by atoms with Gasteiger partial charge in [0, 0.05) is 10.9 Å². The second kappa shape index (κ2) is 5.95. The lowest BCUT2D eigenvalue weighted by Crippen LogP contribution is -2.32. The topological polar surface area (TPSA) is 68.0 Å². The molecule has 0 radical (unpaired) electrons. The standard InChI is InChI=1S/C14H17N3OS/c1-3-10-4-6-11(7-5-10)12-8-19-14(16-12)17-13(18)9(2)15/h4-9H,3,15H2,1-2H3,(H,16,17,18). The Kier molecular flexibility index (Phi) is 4.29. The van der Waals surface area contributed by atoms with E-state index < -0.39 is 6.04 Å². The van der Waals surface area contributed by atoms with Crippen molar-refractivity contribution in [2.24, 2.45) is 5.73 Å². The molecular weight excluding hydrogens is 258 g/mol. The summed E-state index contributed by atoms with van der Waals surface area (Å²) in [5.41, 5.74) is 8.71. The molecule has 1 aromatic carbocycles. The number of aromatic nitrogens is 1. The third-order valence-electron chi connectivity index (χ3n) is 2.81. The van der Waals surface area contributed by atoms with E-state index in [1.165, 1.54) is 16.9 Å². The van der Waals surface area contributed by atoms with Gasteiger partial charge in [0.25, 0.3) is 0 Å². The van der Waals surface area contributed by atoms with Crippen molar-refractivity contribution in [3.05, 3.63) is 35.2 Å². The van der Waals surface area contributed by atoms with Gasteiger partial charge in [-0.15, -0.1) is 11.3 Å². The van der Waals surface area contributed by atoms with Gasteiger partial charge in [-0.2, -0.15) is 0 Å². The summed E-state index contributed by atoms with van der Waals surface area (Å²) < 4.78 is 0. The van der Waals surface area contributed by atoms with Gasteiger partial charge in [-0.1, -0.05) is 31.2 Å². The van der Waals surface area contributed by atoms with Crippen LogP contribution in [0.25, 0.3) is 11.3 Å². The van der Waals surface area contributed by atoms with Crippen molar-refractivity contribution in [1.29, 1.82) is 0 Å². The predicted molar refractivity (Wildman–Crippen MR) is 79.2 cm³/mol. The number of benzene rings is 1. The molecule has 0 saturated heterocycles. The van der Waals surface area contributed by atoms with E-state index in [1.807, 2.05) is 17.5 Å². The molecule has 1 heterocycles. The third kappa shape index (κ3) is 3.39. The summed E-state index contributed by atoms with van der Waals surface area (Å²) in [6.07, 6.45) is 1.02. The zero-order valence-corrected chi connectivity index (χ0v) is 11.8. The Labute approximate surface area is 116 Å². The summed E-state index contributed by atoms with van der Waals surface area (Å²) in [7, 11) is 0. The first-order valence-electron chi connectivity index (χ1n) is 6.21. The number of amides is 1. The van der Waals surface area contributed by atoms with Gasteiger partial charge in [-0.05, 0) is 18.9 Å². The molecule has 0 aliphatic carbocycles. The highest BCUT2D eigenvalue weighted by Crippen LogP contribution is 2.25. The Balaban J connectivity index is 2.13. The van der Waals surface area contributed by atoms with Gasteiger partial charge in [-0.3, -0.25) is 4.79 Å². The Hall–Kier alpha value is -1.72. The number of rotatable bonds is 4. The highest BCUT2D eigenvalue weighted by molar-refractivity contribution is 7.14. The van der Waals surface area contributed by atoms with Crippen LogP contribution in [0.5, 0.6) is 0 Å². The van der Waals surface area contributed by atoms with E-state index in [9.17, 15) is 4.79 Å². The number of thiazole rings is 1. The number of nitrogens with zero attached hydrogens (tertiary/aromatic N) is 1. The van der Waals surface area contributed by atoms with Crippen LogP contribution in [-0.4, -0.2) is 16.9 Å². The van der Waals surface area contributed by atoms with Crippen LogP contribution in [0.2, 0.25) is 0 Å². The Bertz CT molecular complexity index is 560. The fraction of sp³-hybridized carbons (Fsp3) is 0.286. The molecule has 1 aromatic heterocycles. The SMILES string of the molecule is CCc1ccc(-c2csc(NC(=O)C(C)N)n2)cc1. The van der Waals surface area contributed by atoms with Gasteiger partial charge in [0.1, 0.15) is 0 Å². The molecule has 2 rings (SSSR count). The van der Waals surface area contributed by atoms with Crippen LogP contribution in [0.15, 0.2) is 29.6 Å². The number of nitrogens with two attached hydrogens (primary N) is 1. The molecule has 19 heavy (non-hydrogen) atoms. The molecule has 1 unspecified atom stereocenters. The Morgan fingerprint density at radius 1 is 1.42 bits per heavy atom. The van der Waals surface area contributed by atoms with Crippen LogP contribution in [0.1, 0.15) is 19.4 Å². The third-order valence-corrected chi connectivity index (χ3v) is 3.56. The van der Waals surface area contributed by atoms with Crippen molar-refractivity contribution in [1.82, 2.24) is 4.98 Å². The smallest absolute Gasteiger partial charge is 0.242 e. The van der Waals surface area contributed by atoms with Crippen LogP contribution in [0, 0.1) is 0 Å². The van der Waals surface area contributed by atoms with E-state index in [0.717, 1.165) is 17.7 Å². The molecule has 0 spiro atoms. The van der Waals surface area contributed by atoms with Gasteiger partial charge < -0.3 is 11.1 Å². The van der Waals surface area contributed by atoms with E-state index in [2.05, 4.69) is 29.4 Å². The van der Waals surface area contributed by atoms with Crippen molar-refractivity contribution in [2.45, 2.75) is 26.3 Å². The maximum atomic E-state index is 11.5. The maximum absolute atomic E-state index is 11.5. The minimum Gasteiger partial charge on any atom is -0.320 e. The molecule has 0 saturated carbocycles. The van der Waals surface area contributed by atoms with Crippen LogP contribution in [-0.2, 0) is 11.2 Å². The van der Waals surface area contributed by atoms with Crippen LogP contribution >= 0.6 is 11.3 Å². The molecule has 0 aliphatic rings. The number of anilines is 1. The highest BCUT2D eigenvalue weighted by atomic mass is 32.1. The number of hydrogen-bond donors (Lipinski definition) is 2. The fourth-order valence-corrected chi connectivity index (χ4v) is 2.32. The molecule has 2 aromatic rings. The van der Waals surface area contributed by atoms with E-state index in [1.54, 1.807) is 6.92 Å². The van der Waals surface area contributed by atoms with E-state index in [0.29, 0.717) is 5.13 Å². The summed E-state index contributed by atoms with van der Waals surface area (Å²) in [6.45, 7) is 3.77. The lowest BCUT2D eigenvalue weighted by atomic mass is 10.1. The van der Waals surface area contributed by atoms with E-state index >= 15 is 0 Å². The van der Waals surface area contributed by atoms with Gasteiger partial charge in [0.2, 0.25) is 5.91 Å². The van der Waals surface area contributed by atoms with Gasteiger partial charge in [0.15, 0.2) is 5.13 Å². The molecule has 1 amide bonds. The first-order chi connectivity index (χ1) is 9.10. The summed E-state index contributed by atoms with van der Waals surface area (Å²) in [4.78, 5) is 15.9. The van der Waals surface area contributed by atoms with E-state index in [4.69, 9.17) is 5.73 Å². The Morgan fingerprint density at radius 3 is 2.68 bits per heavy atom. The van der Waals surface area contributed by atoms with Gasteiger partial charge in [-0.25, -0.2) is 4.98 Å². The normalized spacial score (nSPS) is 12.2. The summed E-state index contributed by atoms with van der Waals surface area (Å²) >= 11 is 1.40.